The minimum Gasteiger partial charge on any atom is -0.487 e. The van der Waals surface area contributed by atoms with Crippen LogP contribution in [0.5, 0.6) is 0 Å². The van der Waals surface area contributed by atoms with Crippen molar-refractivity contribution in [3.8, 4) is 0 Å². The van der Waals surface area contributed by atoms with Crippen molar-refractivity contribution in [1.29, 1.82) is 0 Å². The molecule has 26 heavy (non-hydrogen) atoms. The summed E-state index contributed by atoms with van der Waals surface area (Å²) >= 11 is 0. The van der Waals surface area contributed by atoms with Gasteiger partial charge >= 0.3 is 0 Å². The molecule has 0 saturated heterocycles. The van der Waals surface area contributed by atoms with Crippen molar-refractivity contribution in [2.45, 2.75) is 53.4 Å². The van der Waals surface area contributed by atoms with Crippen LogP contribution in [-0.4, -0.2) is 6.61 Å². The minimum absolute atomic E-state index is 0.275. The van der Waals surface area contributed by atoms with Crippen molar-refractivity contribution in [2.75, 3.05) is 6.61 Å². The maximum Gasteiger partial charge on any atom is 0.128 e. The van der Waals surface area contributed by atoms with Gasteiger partial charge in [0.2, 0.25) is 0 Å². The molecule has 0 atom stereocenters. The van der Waals surface area contributed by atoms with E-state index in [-0.39, 0.29) is 6.61 Å². The smallest absolute Gasteiger partial charge is 0.128 e. The number of nitrogens with two attached hydrogens (primary N) is 2. The molecule has 0 aromatic heterocycles. The Morgan fingerprint density at radius 1 is 1.04 bits per heavy atom. The third kappa shape index (κ3) is 9.97. The highest BCUT2D eigenvalue weighted by Crippen LogP contribution is 2.32. The van der Waals surface area contributed by atoms with Crippen molar-refractivity contribution in [3.05, 3.63) is 72.3 Å². The lowest BCUT2D eigenvalue weighted by molar-refractivity contribution is 0.252. The first kappa shape index (κ1) is 23.8. The van der Waals surface area contributed by atoms with Gasteiger partial charge in [0.25, 0.3) is 0 Å². The summed E-state index contributed by atoms with van der Waals surface area (Å²) in [5.41, 5.74) is 14.2. The molecule has 3 nitrogen and oxygen atoms in total. The van der Waals surface area contributed by atoms with Gasteiger partial charge in [0.15, 0.2) is 0 Å². The molecule has 0 heterocycles. The highest BCUT2D eigenvalue weighted by Gasteiger charge is 2.18. The summed E-state index contributed by atoms with van der Waals surface area (Å²) in [5.74, 6) is 2.27. The first-order chi connectivity index (χ1) is 12.5. The standard InChI is InChI=1S/C21H32N2O.C2H6/c1-5-7-19(22)14-20(23)15-24-21(6-2)13-10-17(4)18-11-8-16(3)9-12-18;1-2/h5-7,10,13-14,16,18H,1-2,8-9,11-12,15,22-23H2,3-4H3;1-2H3/b17-10+,19-7+,20-14+,21-13+;. The van der Waals surface area contributed by atoms with E-state index >= 15 is 0 Å². The number of hydrogen-bond acceptors (Lipinski definition) is 3. The van der Waals surface area contributed by atoms with Gasteiger partial charge in [-0.15, -0.1) is 0 Å². The van der Waals surface area contributed by atoms with E-state index in [1.54, 1.807) is 24.3 Å². The van der Waals surface area contributed by atoms with E-state index in [0.29, 0.717) is 23.1 Å². The average molecular weight is 359 g/mol. The first-order valence-electron chi connectivity index (χ1n) is 9.64. The van der Waals surface area contributed by atoms with E-state index < -0.39 is 0 Å². The summed E-state index contributed by atoms with van der Waals surface area (Å²) in [7, 11) is 0. The van der Waals surface area contributed by atoms with Crippen LogP contribution in [0, 0.1) is 11.8 Å². The Bertz CT molecular complexity index is 545. The summed E-state index contributed by atoms with van der Waals surface area (Å²) in [6.07, 6.45) is 16.0. The van der Waals surface area contributed by atoms with Crippen LogP contribution < -0.4 is 11.5 Å². The van der Waals surface area contributed by atoms with E-state index in [1.807, 2.05) is 19.9 Å². The van der Waals surface area contributed by atoms with Gasteiger partial charge in [0, 0.05) is 11.4 Å². The highest BCUT2D eigenvalue weighted by molar-refractivity contribution is 5.24. The van der Waals surface area contributed by atoms with Crippen molar-refractivity contribution in [3.63, 3.8) is 0 Å². The lowest BCUT2D eigenvalue weighted by atomic mass is 9.79. The number of hydrogen-bond donors (Lipinski definition) is 2. The number of rotatable bonds is 8. The SMILES string of the molecule is C=C/C=C(N)\C=C(\N)CO/C(C=C)=C/C=C(\C)C1CCC(C)CC1.CC. The molecule has 0 aromatic carbocycles. The van der Waals surface area contributed by atoms with Crippen molar-refractivity contribution < 1.29 is 4.74 Å². The van der Waals surface area contributed by atoms with E-state index in [2.05, 4.69) is 33.1 Å². The highest BCUT2D eigenvalue weighted by atomic mass is 16.5. The van der Waals surface area contributed by atoms with Crippen molar-refractivity contribution in [1.82, 2.24) is 0 Å². The molecular weight excluding hydrogens is 320 g/mol. The zero-order valence-corrected chi connectivity index (χ0v) is 17.1. The minimum atomic E-state index is 0.275. The quantitative estimate of drug-likeness (QED) is 0.429. The van der Waals surface area contributed by atoms with Gasteiger partial charge < -0.3 is 16.2 Å². The monoisotopic (exact) mass is 358 g/mol. The zero-order valence-electron chi connectivity index (χ0n) is 17.1. The van der Waals surface area contributed by atoms with Crippen LogP contribution in [0.15, 0.2) is 72.3 Å². The Labute approximate surface area is 160 Å². The van der Waals surface area contributed by atoms with Gasteiger partial charge in [-0.25, -0.2) is 0 Å². The second-order valence-electron chi connectivity index (χ2n) is 6.55. The normalized spacial score (nSPS) is 22.2. The lowest BCUT2D eigenvalue weighted by Crippen LogP contribution is -2.13. The molecule has 1 aliphatic carbocycles. The lowest BCUT2D eigenvalue weighted by Gasteiger charge is -2.26. The Kier molecular flexibility index (Phi) is 12.9. The fourth-order valence-electron chi connectivity index (χ4n) is 2.85. The summed E-state index contributed by atoms with van der Waals surface area (Å²) in [6, 6.07) is 0. The van der Waals surface area contributed by atoms with Crippen LogP contribution in [0.3, 0.4) is 0 Å². The van der Waals surface area contributed by atoms with Crippen LogP contribution in [0.4, 0.5) is 0 Å². The fraction of sp³-hybridized carbons (Fsp3) is 0.478. The Morgan fingerprint density at radius 2 is 1.65 bits per heavy atom. The zero-order chi connectivity index (χ0) is 19.9. The van der Waals surface area contributed by atoms with Crippen LogP contribution in [0.2, 0.25) is 0 Å². The second kappa shape index (κ2) is 14.1. The average Bonchev–Trinajstić information content (AvgIpc) is 2.64. The molecule has 0 aliphatic heterocycles. The molecule has 1 fully saturated rings. The summed E-state index contributed by atoms with van der Waals surface area (Å²) in [4.78, 5) is 0. The van der Waals surface area contributed by atoms with Gasteiger partial charge in [-0.2, -0.15) is 0 Å². The summed E-state index contributed by atoms with van der Waals surface area (Å²) < 4.78 is 5.68. The molecule has 0 bridgehead atoms. The van der Waals surface area contributed by atoms with Gasteiger partial charge in [-0.05, 0) is 55.9 Å². The largest absolute Gasteiger partial charge is 0.487 e. The molecule has 0 unspecified atom stereocenters. The molecule has 1 aliphatic rings. The molecule has 0 amide bonds. The van der Waals surface area contributed by atoms with E-state index in [1.165, 1.54) is 31.3 Å². The fourth-order valence-corrected chi connectivity index (χ4v) is 2.85. The number of allylic oxidation sites excluding steroid dienone is 7. The van der Waals surface area contributed by atoms with Crippen LogP contribution in [0.25, 0.3) is 0 Å². The van der Waals surface area contributed by atoms with Gasteiger partial charge in [0.05, 0.1) is 0 Å². The van der Waals surface area contributed by atoms with Gasteiger partial charge in [0.1, 0.15) is 12.4 Å². The summed E-state index contributed by atoms with van der Waals surface area (Å²) in [5, 5.41) is 0. The topological polar surface area (TPSA) is 61.3 Å². The molecule has 0 radical (unpaired) electrons. The van der Waals surface area contributed by atoms with E-state index in [9.17, 15) is 0 Å². The Balaban J connectivity index is 0.00000301. The number of ether oxygens (including phenoxy) is 1. The van der Waals surface area contributed by atoms with Crippen LogP contribution >= 0.6 is 0 Å². The predicted octanol–water partition coefficient (Wildman–Crippen LogP) is 5.74. The third-order valence-corrected chi connectivity index (χ3v) is 4.44. The maximum absolute atomic E-state index is 5.90. The van der Waals surface area contributed by atoms with Gasteiger partial charge in [-0.1, -0.05) is 64.5 Å². The predicted molar refractivity (Wildman–Crippen MR) is 115 cm³/mol. The van der Waals surface area contributed by atoms with E-state index in [0.717, 1.165) is 5.92 Å². The first-order valence-corrected chi connectivity index (χ1v) is 9.64. The maximum atomic E-state index is 5.90. The van der Waals surface area contributed by atoms with Crippen molar-refractivity contribution >= 4 is 0 Å². The molecule has 146 valence electrons. The van der Waals surface area contributed by atoms with Crippen LogP contribution in [0.1, 0.15) is 53.4 Å². The van der Waals surface area contributed by atoms with E-state index in [4.69, 9.17) is 16.2 Å². The third-order valence-electron chi connectivity index (χ3n) is 4.44. The molecule has 4 N–H and O–H groups in total. The van der Waals surface area contributed by atoms with Crippen molar-refractivity contribution in [2.24, 2.45) is 23.3 Å². The van der Waals surface area contributed by atoms with Gasteiger partial charge in [-0.3, -0.25) is 0 Å². The molecule has 1 rings (SSSR count). The molecule has 0 aromatic rings. The Morgan fingerprint density at radius 3 is 2.19 bits per heavy atom. The molecule has 0 spiro atoms. The Hall–Kier alpha value is -2.16. The van der Waals surface area contributed by atoms with Crippen LogP contribution in [-0.2, 0) is 4.74 Å². The molecule has 1 saturated carbocycles. The molecule has 3 heteroatoms. The second-order valence-corrected chi connectivity index (χ2v) is 6.55. The molecular formula is C23H38N2O. The summed E-state index contributed by atoms with van der Waals surface area (Å²) in [6.45, 7) is 16.2.